The number of esters is 2. The average Bonchev–Trinajstić information content (AvgIpc) is 3.99. The minimum absolute atomic E-state index is 0.100. The first-order valence-corrected chi connectivity index (χ1v) is 26.1. The van der Waals surface area contributed by atoms with Crippen molar-refractivity contribution in [2.75, 3.05) is 14.2 Å². The van der Waals surface area contributed by atoms with Gasteiger partial charge in [0, 0.05) is 12.8 Å². The Morgan fingerprint density at radius 2 is 1.14 bits per heavy atom. The molecule has 2 unspecified atom stereocenters. The number of fused-ring (bicyclic) bond motifs is 10. The van der Waals surface area contributed by atoms with Crippen LogP contribution in [0.5, 0.6) is 0 Å². The van der Waals surface area contributed by atoms with Gasteiger partial charge in [-0.2, -0.15) is 0 Å². The molecular weight excluding hydrogens is 791 g/mol. The van der Waals surface area contributed by atoms with Crippen LogP contribution in [0.15, 0.2) is 6.20 Å². The second kappa shape index (κ2) is 17.6. The molecule has 0 spiro atoms. The smallest absolute Gasteiger partial charge is 0.305 e. The summed E-state index contributed by atoms with van der Waals surface area (Å²) < 4.78 is 18.8. The Hall–Kier alpha value is -2.04. The molecule has 1 aromatic rings. The molecule has 63 heavy (non-hydrogen) atoms. The minimum Gasteiger partial charge on any atom is -0.469 e. The van der Waals surface area contributed by atoms with Crippen LogP contribution in [-0.2, 0) is 30.4 Å². The highest BCUT2D eigenvalue weighted by molar-refractivity contribution is 5.69. The number of ether oxygens (including phenoxy) is 3. The number of carbonyl (C=O) groups excluding carboxylic acids is 2. The Morgan fingerprint density at radius 1 is 0.667 bits per heavy atom. The van der Waals surface area contributed by atoms with Crippen LogP contribution >= 0.6 is 0 Å². The van der Waals surface area contributed by atoms with Gasteiger partial charge in [0.1, 0.15) is 5.69 Å². The average molecular weight is 876 g/mol. The van der Waals surface area contributed by atoms with E-state index in [1.165, 1.54) is 72.0 Å². The lowest BCUT2D eigenvalue weighted by molar-refractivity contribution is -0.179. The van der Waals surface area contributed by atoms with Gasteiger partial charge >= 0.3 is 11.9 Å². The van der Waals surface area contributed by atoms with E-state index in [-0.39, 0.29) is 51.9 Å². The van der Waals surface area contributed by atoms with Gasteiger partial charge in [0.05, 0.1) is 51.4 Å². The molecule has 9 rings (SSSR count). The number of hydrogen-bond acceptors (Lipinski definition) is 9. The number of aliphatic hydroxyl groups excluding tert-OH is 2. The summed E-state index contributed by atoms with van der Waals surface area (Å²) in [5.74, 6) is 5.96. The van der Waals surface area contributed by atoms with E-state index in [4.69, 9.17) is 19.4 Å². The maximum Gasteiger partial charge on any atom is 0.305 e. The normalized spacial score (nSPS) is 47.5. The fourth-order valence-electron chi connectivity index (χ4n) is 18.8. The summed E-state index contributed by atoms with van der Waals surface area (Å²) in [6, 6.07) is 0.302. The SMILES string of the molecule is COC(=O)CC[C@@H](C)[C@H]1CC[C@H]2[C@@H]3[C@@H](O)CC4C[C@H](OCc5cn([C@@H]6CC[C@@]7(C)C(C6)C[C@H](O)[C@H]6[C@@H]8CC[C@H]([C@H](C)CCC(=O)OC)[C@@]8(C)CC[C@@H]67)nn5)CC[C@]4(C)[C@H]3CC[C@@]12C. The molecule has 8 aliphatic carbocycles. The van der Waals surface area contributed by atoms with Crippen molar-refractivity contribution >= 4 is 11.9 Å². The molecule has 0 radical (unpaired) electrons. The molecule has 2 N–H and O–H groups in total. The van der Waals surface area contributed by atoms with Crippen molar-refractivity contribution in [3.05, 3.63) is 11.9 Å². The lowest BCUT2D eigenvalue weighted by Gasteiger charge is -2.62. The van der Waals surface area contributed by atoms with Crippen LogP contribution in [0.25, 0.3) is 0 Å². The van der Waals surface area contributed by atoms with Gasteiger partial charge in [-0.25, -0.2) is 4.68 Å². The zero-order chi connectivity index (χ0) is 44.6. The molecule has 8 saturated carbocycles. The summed E-state index contributed by atoms with van der Waals surface area (Å²) in [5.41, 5.74) is 1.88. The molecule has 0 bridgehead atoms. The molecule has 0 saturated heterocycles. The highest BCUT2D eigenvalue weighted by atomic mass is 16.5. The fourth-order valence-corrected chi connectivity index (χ4v) is 18.8. The third-order valence-electron chi connectivity index (χ3n) is 22.3. The number of aromatic nitrogens is 3. The van der Waals surface area contributed by atoms with Crippen molar-refractivity contribution in [1.29, 1.82) is 0 Å². The number of carbonyl (C=O) groups is 2. The summed E-state index contributed by atoms with van der Waals surface area (Å²) in [6.07, 6.45) is 22.7. The fraction of sp³-hybridized carbons (Fsp3) is 0.925. The number of methoxy groups -OCH3 is 2. The Bertz CT molecular complexity index is 1800. The van der Waals surface area contributed by atoms with Crippen molar-refractivity contribution in [1.82, 2.24) is 15.0 Å². The van der Waals surface area contributed by atoms with Gasteiger partial charge in [0.15, 0.2) is 0 Å². The van der Waals surface area contributed by atoms with E-state index >= 15 is 0 Å². The number of aliphatic hydroxyl groups is 2. The number of hydrogen-bond donors (Lipinski definition) is 2. The summed E-state index contributed by atoms with van der Waals surface area (Å²) in [5, 5.41) is 33.4. The van der Waals surface area contributed by atoms with E-state index in [0.717, 1.165) is 63.5 Å². The van der Waals surface area contributed by atoms with Crippen molar-refractivity contribution in [2.45, 2.75) is 201 Å². The van der Waals surface area contributed by atoms with Crippen molar-refractivity contribution < 1.29 is 34.0 Å². The van der Waals surface area contributed by atoms with Crippen molar-refractivity contribution in [3.8, 4) is 0 Å². The lowest BCUT2D eigenvalue weighted by Crippen LogP contribution is -2.58. The summed E-state index contributed by atoms with van der Waals surface area (Å²) in [4.78, 5) is 23.9. The number of nitrogens with zero attached hydrogens (tertiary/aromatic N) is 3. The van der Waals surface area contributed by atoms with E-state index in [1.54, 1.807) is 0 Å². The van der Waals surface area contributed by atoms with E-state index in [2.05, 4.69) is 57.5 Å². The monoisotopic (exact) mass is 876 g/mol. The Balaban J connectivity index is 0.778. The third kappa shape index (κ3) is 7.87. The molecule has 354 valence electrons. The van der Waals surface area contributed by atoms with Gasteiger partial charge in [-0.3, -0.25) is 9.59 Å². The van der Waals surface area contributed by atoms with Gasteiger partial charge in [-0.15, -0.1) is 5.10 Å². The van der Waals surface area contributed by atoms with E-state index < -0.39 is 0 Å². The standard InChI is InChI=1S/C53H85N3O7/c1-31(9-15-46(59)61-7)38-11-13-40-48-42(19-23-52(38,40)5)50(3)21-17-36(25-33(50)27-44(48)57)56-29-35(54-55-56)30-63-37-18-22-51(4)34(26-37)28-45(58)49-41-14-12-39(32(2)10-16-47(60)62-8)53(41,6)24-20-43(49)51/h29,31-34,36-45,48-49,57-58H,9-28,30H2,1-8H3/t31-,32-,33?,34?,36-,37-,38-,39-,40+,41+,42+,43+,44+,45+,48+,49+,50+,51+,52-,53+/m1/s1. The van der Waals surface area contributed by atoms with Crippen molar-refractivity contribution in [3.63, 3.8) is 0 Å². The first-order valence-electron chi connectivity index (χ1n) is 26.1. The molecule has 20 atom stereocenters. The van der Waals surface area contributed by atoms with E-state index in [0.29, 0.717) is 96.5 Å². The molecule has 1 heterocycles. The first-order chi connectivity index (χ1) is 30.0. The zero-order valence-electron chi connectivity index (χ0n) is 40.4. The molecule has 0 amide bonds. The largest absolute Gasteiger partial charge is 0.469 e. The van der Waals surface area contributed by atoms with Crippen LogP contribution in [0.4, 0.5) is 0 Å². The molecule has 8 fully saturated rings. The molecule has 10 nitrogen and oxygen atoms in total. The maximum absolute atomic E-state index is 12.0. The number of rotatable bonds is 12. The van der Waals surface area contributed by atoms with E-state index in [9.17, 15) is 19.8 Å². The van der Waals surface area contributed by atoms with Crippen LogP contribution in [0.3, 0.4) is 0 Å². The van der Waals surface area contributed by atoms with Gasteiger partial charge in [0.25, 0.3) is 0 Å². The predicted molar refractivity (Wildman–Crippen MR) is 242 cm³/mol. The first kappa shape index (κ1) is 46.1. The molecular formula is C53H85N3O7. The van der Waals surface area contributed by atoms with Crippen LogP contribution in [0, 0.1) is 92.7 Å². The van der Waals surface area contributed by atoms with Crippen molar-refractivity contribution in [2.24, 2.45) is 92.7 Å². The highest BCUT2D eigenvalue weighted by Gasteiger charge is 2.65. The minimum atomic E-state index is -0.249. The van der Waals surface area contributed by atoms with Gasteiger partial charge in [-0.1, -0.05) is 46.8 Å². The van der Waals surface area contributed by atoms with Crippen LogP contribution < -0.4 is 0 Å². The lowest BCUT2D eigenvalue weighted by atomic mass is 9.43. The van der Waals surface area contributed by atoms with Gasteiger partial charge in [0.2, 0.25) is 0 Å². The molecule has 8 aliphatic rings. The van der Waals surface area contributed by atoms with Crippen LogP contribution in [0.1, 0.15) is 182 Å². The molecule has 0 aliphatic heterocycles. The second-order valence-electron chi connectivity index (χ2n) is 24.6. The van der Waals surface area contributed by atoms with Gasteiger partial charge in [-0.05, 0) is 208 Å². The zero-order valence-corrected chi connectivity index (χ0v) is 40.4. The Morgan fingerprint density at radius 3 is 1.67 bits per heavy atom. The third-order valence-corrected chi connectivity index (χ3v) is 22.3. The topological polar surface area (TPSA) is 133 Å². The summed E-state index contributed by atoms with van der Waals surface area (Å²) in [6.45, 7) is 15.4. The summed E-state index contributed by atoms with van der Waals surface area (Å²) >= 11 is 0. The van der Waals surface area contributed by atoms with Crippen LogP contribution in [0.2, 0.25) is 0 Å². The molecule has 0 aromatic carbocycles. The van der Waals surface area contributed by atoms with Crippen LogP contribution in [-0.4, -0.2) is 69.7 Å². The predicted octanol–water partition coefficient (Wildman–Crippen LogP) is 10.1. The van der Waals surface area contributed by atoms with E-state index in [1.807, 2.05) is 0 Å². The molecule has 1 aromatic heterocycles. The quantitative estimate of drug-likeness (QED) is 0.197. The Kier molecular flexibility index (Phi) is 12.8. The van der Waals surface area contributed by atoms with Gasteiger partial charge < -0.3 is 24.4 Å². The second-order valence-corrected chi connectivity index (χ2v) is 24.6. The molecule has 10 heteroatoms. The summed E-state index contributed by atoms with van der Waals surface area (Å²) in [7, 11) is 2.98. The maximum atomic E-state index is 12.0. The Labute approximate surface area is 379 Å². The highest BCUT2D eigenvalue weighted by Crippen LogP contribution is 2.70.